The third-order valence-electron chi connectivity index (χ3n) is 2.28. The number of benzene rings is 1. The molecule has 0 bridgehead atoms. The lowest BCUT2D eigenvalue weighted by Crippen LogP contribution is -2.03. The number of nitrogens with zero attached hydrogens (tertiary/aromatic N) is 1. The van der Waals surface area contributed by atoms with Gasteiger partial charge in [0.05, 0.1) is 26.9 Å². The van der Waals surface area contributed by atoms with E-state index >= 15 is 0 Å². The van der Waals surface area contributed by atoms with Crippen LogP contribution < -0.4 is 9.47 Å². The second-order valence-corrected chi connectivity index (χ2v) is 3.24. The third kappa shape index (κ3) is 2.80. The zero-order chi connectivity index (χ0) is 13.5. The number of carbonyl (C=O) groups is 1. The van der Waals surface area contributed by atoms with Crippen molar-refractivity contribution in [2.45, 2.75) is 0 Å². The number of hydrogen-bond acceptors (Lipinski definition) is 5. The number of ether oxygens (including phenoxy) is 3. The van der Waals surface area contributed by atoms with Gasteiger partial charge in [-0.25, -0.2) is 4.79 Å². The average Bonchev–Trinajstić information content (AvgIpc) is 2.43. The SMILES string of the molecule is COC(=O)/C(C#N)=C/c1c(OC)cccc1OC. The van der Waals surface area contributed by atoms with Crippen LogP contribution in [0.2, 0.25) is 0 Å². The highest BCUT2D eigenvalue weighted by Gasteiger charge is 2.13. The predicted octanol–water partition coefficient (Wildman–Crippen LogP) is 1.78. The molecule has 0 atom stereocenters. The van der Waals surface area contributed by atoms with E-state index in [2.05, 4.69) is 4.74 Å². The van der Waals surface area contributed by atoms with Crippen LogP contribution in [0.15, 0.2) is 23.8 Å². The molecule has 0 radical (unpaired) electrons. The molecule has 18 heavy (non-hydrogen) atoms. The summed E-state index contributed by atoms with van der Waals surface area (Å²) in [6, 6.07) is 6.95. The van der Waals surface area contributed by atoms with Gasteiger partial charge in [0.2, 0.25) is 0 Å². The van der Waals surface area contributed by atoms with Crippen LogP contribution in [0.5, 0.6) is 11.5 Å². The standard InChI is InChI=1S/C13H13NO4/c1-16-11-5-4-6-12(17-2)10(11)7-9(8-14)13(15)18-3/h4-7H,1-3H3/b9-7+. The van der Waals surface area contributed by atoms with E-state index in [0.717, 1.165) is 0 Å². The molecule has 0 aliphatic carbocycles. The molecule has 0 fully saturated rings. The zero-order valence-corrected chi connectivity index (χ0v) is 10.4. The Balaban J connectivity index is 3.35. The van der Waals surface area contributed by atoms with Crippen molar-refractivity contribution in [3.8, 4) is 17.6 Å². The van der Waals surface area contributed by atoms with E-state index in [9.17, 15) is 4.79 Å². The summed E-state index contributed by atoms with van der Waals surface area (Å²) in [5.74, 6) is 0.308. The minimum Gasteiger partial charge on any atom is -0.496 e. The van der Waals surface area contributed by atoms with Gasteiger partial charge >= 0.3 is 5.97 Å². The molecular weight excluding hydrogens is 234 g/mol. The van der Waals surface area contributed by atoms with Crippen LogP contribution in [-0.4, -0.2) is 27.3 Å². The van der Waals surface area contributed by atoms with Crippen molar-refractivity contribution in [1.29, 1.82) is 5.26 Å². The zero-order valence-electron chi connectivity index (χ0n) is 10.4. The van der Waals surface area contributed by atoms with E-state index < -0.39 is 5.97 Å². The lowest BCUT2D eigenvalue weighted by molar-refractivity contribution is -0.135. The Hall–Kier alpha value is -2.48. The predicted molar refractivity (Wildman–Crippen MR) is 65.2 cm³/mol. The van der Waals surface area contributed by atoms with Gasteiger partial charge in [-0.05, 0) is 18.2 Å². The molecule has 5 heteroatoms. The number of rotatable bonds is 4. The minimum atomic E-state index is -0.703. The van der Waals surface area contributed by atoms with E-state index in [0.29, 0.717) is 17.1 Å². The highest BCUT2D eigenvalue weighted by atomic mass is 16.5. The first kappa shape index (κ1) is 13.6. The Morgan fingerprint density at radius 2 is 1.78 bits per heavy atom. The van der Waals surface area contributed by atoms with Crippen molar-refractivity contribution in [3.05, 3.63) is 29.3 Å². The highest BCUT2D eigenvalue weighted by molar-refractivity contribution is 5.98. The fourth-order valence-electron chi connectivity index (χ4n) is 1.41. The van der Waals surface area contributed by atoms with E-state index in [1.807, 2.05) is 0 Å². The molecule has 1 aromatic carbocycles. The van der Waals surface area contributed by atoms with Gasteiger partial charge in [0.25, 0.3) is 0 Å². The Labute approximate surface area is 105 Å². The van der Waals surface area contributed by atoms with E-state index in [1.54, 1.807) is 24.3 Å². The van der Waals surface area contributed by atoms with Gasteiger partial charge in [-0.1, -0.05) is 6.07 Å². The Morgan fingerprint density at radius 1 is 1.22 bits per heavy atom. The summed E-state index contributed by atoms with van der Waals surface area (Å²) >= 11 is 0. The Bertz CT molecular complexity index is 492. The molecule has 0 spiro atoms. The molecule has 0 N–H and O–H groups in total. The van der Waals surface area contributed by atoms with Gasteiger partial charge < -0.3 is 14.2 Å². The maximum absolute atomic E-state index is 11.4. The molecule has 0 heterocycles. The first-order valence-corrected chi connectivity index (χ1v) is 5.09. The summed E-state index contributed by atoms with van der Waals surface area (Å²) in [5.41, 5.74) is 0.393. The second kappa shape index (κ2) is 6.30. The summed E-state index contributed by atoms with van der Waals surface area (Å²) in [6.45, 7) is 0. The molecule has 1 aromatic rings. The smallest absolute Gasteiger partial charge is 0.348 e. The molecule has 0 aliphatic rings. The number of carbonyl (C=O) groups excluding carboxylic acids is 1. The van der Waals surface area contributed by atoms with E-state index in [1.165, 1.54) is 27.4 Å². The molecule has 0 unspecified atom stereocenters. The first-order valence-electron chi connectivity index (χ1n) is 5.09. The Morgan fingerprint density at radius 3 is 2.17 bits per heavy atom. The first-order chi connectivity index (χ1) is 8.67. The summed E-state index contributed by atoms with van der Waals surface area (Å²) in [4.78, 5) is 11.4. The number of methoxy groups -OCH3 is 3. The van der Waals surface area contributed by atoms with Gasteiger partial charge in [-0.15, -0.1) is 0 Å². The molecule has 0 saturated carbocycles. The average molecular weight is 247 g/mol. The van der Waals surface area contributed by atoms with Crippen LogP contribution in [0.4, 0.5) is 0 Å². The number of esters is 1. The van der Waals surface area contributed by atoms with E-state index in [-0.39, 0.29) is 5.57 Å². The van der Waals surface area contributed by atoms with Gasteiger partial charge in [0.1, 0.15) is 23.1 Å². The largest absolute Gasteiger partial charge is 0.496 e. The molecule has 5 nitrogen and oxygen atoms in total. The van der Waals surface area contributed by atoms with Gasteiger partial charge in [0.15, 0.2) is 0 Å². The minimum absolute atomic E-state index is 0.125. The molecule has 1 rings (SSSR count). The molecule has 0 amide bonds. The molecule has 0 saturated heterocycles. The van der Waals surface area contributed by atoms with Crippen LogP contribution in [-0.2, 0) is 9.53 Å². The van der Waals surface area contributed by atoms with Gasteiger partial charge in [0, 0.05) is 0 Å². The van der Waals surface area contributed by atoms with Crippen LogP contribution >= 0.6 is 0 Å². The quantitative estimate of drug-likeness (QED) is 0.461. The maximum Gasteiger partial charge on any atom is 0.348 e. The van der Waals surface area contributed by atoms with Crippen LogP contribution in [0.3, 0.4) is 0 Å². The van der Waals surface area contributed by atoms with Crippen molar-refractivity contribution in [2.24, 2.45) is 0 Å². The van der Waals surface area contributed by atoms with Crippen molar-refractivity contribution in [1.82, 2.24) is 0 Å². The number of nitriles is 1. The molecular formula is C13H13NO4. The fraction of sp³-hybridized carbons (Fsp3) is 0.231. The summed E-state index contributed by atoms with van der Waals surface area (Å²) in [7, 11) is 4.21. The van der Waals surface area contributed by atoms with Crippen molar-refractivity contribution >= 4 is 12.0 Å². The lowest BCUT2D eigenvalue weighted by Gasteiger charge is -2.09. The fourth-order valence-corrected chi connectivity index (χ4v) is 1.41. The third-order valence-corrected chi connectivity index (χ3v) is 2.28. The molecule has 0 aromatic heterocycles. The lowest BCUT2D eigenvalue weighted by atomic mass is 10.1. The topological polar surface area (TPSA) is 68.6 Å². The van der Waals surface area contributed by atoms with Crippen LogP contribution in [0.25, 0.3) is 6.08 Å². The van der Waals surface area contributed by atoms with Crippen LogP contribution in [0, 0.1) is 11.3 Å². The second-order valence-electron chi connectivity index (χ2n) is 3.24. The summed E-state index contributed by atoms with van der Waals surface area (Å²) in [5, 5.41) is 8.92. The summed E-state index contributed by atoms with van der Waals surface area (Å²) < 4.78 is 14.8. The van der Waals surface area contributed by atoms with E-state index in [4.69, 9.17) is 14.7 Å². The van der Waals surface area contributed by atoms with Crippen molar-refractivity contribution in [3.63, 3.8) is 0 Å². The Kier molecular flexibility index (Phi) is 4.76. The van der Waals surface area contributed by atoms with Gasteiger partial charge in [-0.2, -0.15) is 5.26 Å². The maximum atomic E-state index is 11.4. The van der Waals surface area contributed by atoms with Crippen LogP contribution in [0.1, 0.15) is 5.56 Å². The monoisotopic (exact) mass is 247 g/mol. The normalized spacial score (nSPS) is 10.4. The van der Waals surface area contributed by atoms with Gasteiger partial charge in [-0.3, -0.25) is 0 Å². The van der Waals surface area contributed by atoms with Crippen molar-refractivity contribution < 1.29 is 19.0 Å². The molecule has 94 valence electrons. The summed E-state index contributed by atoms with van der Waals surface area (Å²) in [6.07, 6.45) is 1.38. The number of hydrogen-bond donors (Lipinski definition) is 0. The molecule has 0 aliphatic heterocycles. The van der Waals surface area contributed by atoms with Crippen molar-refractivity contribution in [2.75, 3.05) is 21.3 Å². The highest BCUT2D eigenvalue weighted by Crippen LogP contribution is 2.30.